The molecule has 0 atom stereocenters. The third-order valence-corrected chi connectivity index (χ3v) is 4.53. The van der Waals surface area contributed by atoms with Crippen molar-refractivity contribution in [3.05, 3.63) is 64.3 Å². The van der Waals surface area contributed by atoms with E-state index in [0.29, 0.717) is 18.4 Å². The summed E-state index contributed by atoms with van der Waals surface area (Å²) in [6, 6.07) is 5.51. The summed E-state index contributed by atoms with van der Waals surface area (Å²) < 4.78 is 3.62. The zero-order valence-corrected chi connectivity index (χ0v) is 20.9. The Balaban J connectivity index is 0.000000157. The Labute approximate surface area is 206 Å². The van der Waals surface area contributed by atoms with Crippen LogP contribution >= 0.6 is 47.8 Å². The average molecular weight is 630 g/mol. The number of rotatable bonds is 2. The molecular formula is C18H16Br3N9O2. The monoisotopic (exact) mass is 627 g/mol. The predicted octanol–water partition coefficient (Wildman–Crippen LogP) is 3.35. The van der Waals surface area contributed by atoms with Crippen LogP contribution in [0.15, 0.2) is 64.3 Å². The maximum absolute atomic E-state index is 9.46. The van der Waals surface area contributed by atoms with Crippen molar-refractivity contribution in [2.75, 3.05) is 5.73 Å². The van der Waals surface area contributed by atoms with Crippen LogP contribution in [0.3, 0.4) is 0 Å². The van der Waals surface area contributed by atoms with Crippen LogP contribution in [-0.4, -0.2) is 57.4 Å². The Morgan fingerprint density at radius 1 is 0.969 bits per heavy atom. The topological polar surface area (TPSA) is 161 Å². The van der Waals surface area contributed by atoms with Crippen LogP contribution < -0.4 is 5.73 Å². The molecule has 0 saturated carbocycles. The molecule has 166 valence electrons. The number of carbonyl (C=O) groups excluding carboxylic acids is 2. The van der Waals surface area contributed by atoms with Gasteiger partial charge in [0.05, 0.1) is 23.1 Å². The van der Waals surface area contributed by atoms with Crippen molar-refractivity contribution >= 4 is 82.9 Å². The summed E-state index contributed by atoms with van der Waals surface area (Å²) >= 11 is 9.35. The first kappa shape index (κ1) is 25.3. The van der Waals surface area contributed by atoms with Crippen molar-refractivity contribution in [2.45, 2.75) is 4.83 Å². The van der Waals surface area contributed by atoms with Crippen LogP contribution in [-0.2, 0) is 9.59 Å². The number of halogens is 3. The maximum Gasteiger partial charge on any atom is 0.155 e. The number of nitrogen functional groups attached to an aromatic ring is 1. The van der Waals surface area contributed by atoms with Gasteiger partial charge < -0.3 is 15.3 Å². The van der Waals surface area contributed by atoms with Crippen molar-refractivity contribution in [3.8, 4) is 0 Å². The highest BCUT2D eigenvalue weighted by Gasteiger charge is 1.95. The molecule has 32 heavy (non-hydrogen) atoms. The lowest BCUT2D eigenvalue weighted by atomic mass is 10.4. The standard InChI is InChI=1S/2C6H4BrN3.C3H3BrO2.C3H5N3/c7-5-1-4-2-9-10-6(4)8-3-5;7-5-3-8-6-1-2-9-10(6)4-5;4-3(1-5)2-6;4-3-1-2-5-6-3/h1-3H,(H,8,9,10);1-4H;1-3H;1-2H,(H3,4,5,6). The Morgan fingerprint density at radius 3 is 2.31 bits per heavy atom. The van der Waals surface area contributed by atoms with E-state index in [1.54, 1.807) is 41.6 Å². The van der Waals surface area contributed by atoms with E-state index in [4.69, 9.17) is 5.73 Å². The molecule has 0 radical (unpaired) electrons. The fourth-order valence-electron chi connectivity index (χ4n) is 1.90. The highest BCUT2D eigenvalue weighted by Crippen LogP contribution is 2.13. The fraction of sp³-hybridized carbons (Fsp3) is 0.0556. The quantitative estimate of drug-likeness (QED) is 0.152. The number of aldehydes is 2. The number of hydrogen-bond donors (Lipinski definition) is 3. The molecule has 0 aliphatic carbocycles. The largest absolute Gasteiger partial charge is 0.384 e. The molecule has 11 nitrogen and oxygen atoms in total. The van der Waals surface area contributed by atoms with E-state index < -0.39 is 4.83 Å². The molecule has 0 aromatic carbocycles. The number of H-pyrrole nitrogens is 2. The summed E-state index contributed by atoms with van der Waals surface area (Å²) in [5, 5.41) is 17.7. The molecule has 0 unspecified atom stereocenters. The average Bonchev–Trinajstić information content (AvgIpc) is 3.56. The Kier molecular flexibility index (Phi) is 10.6. The van der Waals surface area contributed by atoms with Crippen molar-refractivity contribution in [1.29, 1.82) is 0 Å². The number of aromatic amines is 2. The van der Waals surface area contributed by atoms with Gasteiger partial charge in [-0.3, -0.25) is 10.2 Å². The molecule has 0 aliphatic rings. The van der Waals surface area contributed by atoms with E-state index in [-0.39, 0.29) is 0 Å². The minimum absolute atomic E-state index is 0.521. The third-order valence-electron chi connectivity index (χ3n) is 3.26. The van der Waals surface area contributed by atoms with E-state index >= 15 is 0 Å². The molecule has 5 aromatic rings. The van der Waals surface area contributed by atoms with E-state index in [2.05, 4.69) is 83.3 Å². The van der Waals surface area contributed by atoms with E-state index in [9.17, 15) is 9.59 Å². The van der Waals surface area contributed by atoms with Crippen molar-refractivity contribution in [2.24, 2.45) is 0 Å². The normalized spacial score (nSPS) is 9.75. The lowest BCUT2D eigenvalue weighted by Crippen LogP contribution is -1.97. The number of pyridine rings is 1. The van der Waals surface area contributed by atoms with Gasteiger partial charge in [0.1, 0.15) is 23.2 Å². The van der Waals surface area contributed by atoms with Gasteiger partial charge in [-0.25, -0.2) is 14.5 Å². The van der Waals surface area contributed by atoms with Gasteiger partial charge in [-0.05, 0) is 44.0 Å². The Morgan fingerprint density at radius 2 is 1.72 bits per heavy atom. The number of hydrogen-bond acceptors (Lipinski definition) is 8. The molecule has 5 heterocycles. The van der Waals surface area contributed by atoms with Crippen LogP contribution in [0.1, 0.15) is 0 Å². The summed E-state index contributed by atoms with van der Waals surface area (Å²) in [6.07, 6.45) is 11.5. The number of nitrogens with one attached hydrogen (secondary N) is 2. The number of carbonyl (C=O) groups is 2. The molecule has 0 saturated heterocycles. The Hall–Kier alpha value is -2.97. The maximum atomic E-state index is 9.46. The van der Waals surface area contributed by atoms with Gasteiger partial charge in [-0.1, -0.05) is 15.9 Å². The Bertz CT molecular complexity index is 1160. The molecule has 0 amide bonds. The van der Waals surface area contributed by atoms with Crippen LogP contribution in [0.5, 0.6) is 0 Å². The predicted molar refractivity (Wildman–Crippen MR) is 130 cm³/mol. The first-order valence-electron chi connectivity index (χ1n) is 8.62. The number of nitrogens with two attached hydrogens (primary N) is 1. The van der Waals surface area contributed by atoms with Gasteiger partial charge in [0.15, 0.2) is 11.3 Å². The molecule has 4 N–H and O–H groups in total. The number of aromatic nitrogens is 8. The molecular weight excluding hydrogens is 614 g/mol. The highest BCUT2D eigenvalue weighted by molar-refractivity contribution is 9.11. The minimum atomic E-state index is -0.613. The second-order valence-corrected chi connectivity index (χ2v) is 8.48. The molecule has 5 aromatic heterocycles. The molecule has 0 spiro atoms. The van der Waals surface area contributed by atoms with Crippen LogP contribution in [0, 0.1) is 0 Å². The van der Waals surface area contributed by atoms with E-state index in [1.807, 2.05) is 18.3 Å². The second kappa shape index (κ2) is 13.4. The molecule has 0 fully saturated rings. The SMILES string of the molecule is Brc1cnc2[nH]ncc2c1.Brc1cnc2ccnn2c1.Nc1ccn[nH]1.O=CC(Br)C=O. The molecule has 0 bridgehead atoms. The van der Waals surface area contributed by atoms with E-state index in [1.165, 1.54) is 0 Å². The first-order valence-corrected chi connectivity index (χ1v) is 11.1. The minimum Gasteiger partial charge on any atom is -0.384 e. The van der Waals surface area contributed by atoms with Gasteiger partial charge in [0, 0.05) is 34.5 Å². The number of alkyl halides is 1. The summed E-state index contributed by atoms with van der Waals surface area (Å²) in [7, 11) is 0. The van der Waals surface area contributed by atoms with Crippen molar-refractivity contribution in [3.63, 3.8) is 0 Å². The lowest BCUT2D eigenvalue weighted by Gasteiger charge is -1.90. The van der Waals surface area contributed by atoms with Crippen LogP contribution in [0.25, 0.3) is 16.7 Å². The molecule has 0 aliphatic heterocycles. The molecule has 5 rings (SSSR count). The van der Waals surface area contributed by atoms with Gasteiger partial charge in [0.25, 0.3) is 0 Å². The van der Waals surface area contributed by atoms with Crippen LogP contribution in [0.4, 0.5) is 5.82 Å². The third kappa shape index (κ3) is 8.64. The second-order valence-electron chi connectivity index (χ2n) is 5.60. The van der Waals surface area contributed by atoms with Gasteiger partial charge in [-0.15, -0.1) is 0 Å². The summed E-state index contributed by atoms with van der Waals surface area (Å²) in [6.45, 7) is 0. The highest BCUT2D eigenvalue weighted by atomic mass is 79.9. The zero-order valence-electron chi connectivity index (χ0n) is 16.1. The summed E-state index contributed by atoms with van der Waals surface area (Å²) in [5.74, 6) is 0.606. The summed E-state index contributed by atoms with van der Waals surface area (Å²) in [5.41, 5.74) is 6.85. The lowest BCUT2D eigenvalue weighted by molar-refractivity contribution is -0.113. The van der Waals surface area contributed by atoms with Crippen LogP contribution in [0.2, 0.25) is 0 Å². The molecule has 14 heteroatoms. The zero-order chi connectivity index (χ0) is 23.3. The van der Waals surface area contributed by atoms with E-state index in [0.717, 1.165) is 25.6 Å². The van der Waals surface area contributed by atoms with Crippen molar-refractivity contribution in [1.82, 2.24) is 40.0 Å². The number of nitrogens with zero attached hydrogens (tertiary/aromatic N) is 6. The van der Waals surface area contributed by atoms with Gasteiger partial charge >= 0.3 is 0 Å². The summed E-state index contributed by atoms with van der Waals surface area (Å²) in [4.78, 5) is 26.5. The smallest absolute Gasteiger partial charge is 0.155 e. The number of anilines is 1. The number of fused-ring (bicyclic) bond motifs is 2. The van der Waals surface area contributed by atoms with Gasteiger partial charge in [0.2, 0.25) is 0 Å². The fourth-order valence-corrected chi connectivity index (χ4v) is 2.54. The van der Waals surface area contributed by atoms with Crippen molar-refractivity contribution < 1.29 is 9.59 Å². The first-order chi connectivity index (χ1) is 15.4. The van der Waals surface area contributed by atoms with Gasteiger partial charge in [-0.2, -0.15) is 15.3 Å².